The molecule has 4 N–H and O–H groups in total. The Morgan fingerprint density at radius 3 is 2.71 bits per heavy atom. The number of rotatable bonds is 2. The monoisotopic (exact) mass is 240 g/mol. The van der Waals surface area contributed by atoms with E-state index in [0.717, 1.165) is 0 Å². The van der Waals surface area contributed by atoms with E-state index < -0.39 is 5.97 Å². The summed E-state index contributed by atoms with van der Waals surface area (Å²) >= 11 is 0. The first-order valence-electron chi connectivity index (χ1n) is 5.78. The molecule has 0 aromatic rings. The summed E-state index contributed by atoms with van der Waals surface area (Å²) in [6.45, 7) is 1.35. The molecule has 1 amide bonds. The Kier molecular flexibility index (Phi) is 3.54. The maximum absolute atomic E-state index is 13.1. The summed E-state index contributed by atoms with van der Waals surface area (Å²) in [5.74, 6) is -0.823. The van der Waals surface area contributed by atoms with Crippen LogP contribution in [-0.4, -0.2) is 42.1 Å². The van der Waals surface area contributed by atoms with Gasteiger partial charge in [0, 0.05) is 19.0 Å². The van der Waals surface area contributed by atoms with Crippen LogP contribution in [0.5, 0.6) is 0 Å². The van der Waals surface area contributed by atoms with Gasteiger partial charge in [0.25, 0.3) is 0 Å². The summed E-state index contributed by atoms with van der Waals surface area (Å²) in [5, 5.41) is 0. The molecule has 1 fully saturated rings. The lowest BCUT2D eigenvalue weighted by Gasteiger charge is -2.37. The van der Waals surface area contributed by atoms with Crippen molar-refractivity contribution in [3.8, 4) is 0 Å². The van der Waals surface area contributed by atoms with Crippen LogP contribution in [0.2, 0.25) is 0 Å². The van der Waals surface area contributed by atoms with Gasteiger partial charge in [-0.3, -0.25) is 9.69 Å². The van der Waals surface area contributed by atoms with Crippen LogP contribution >= 0.6 is 0 Å². The van der Waals surface area contributed by atoms with Crippen molar-refractivity contribution in [1.29, 1.82) is 0 Å². The van der Waals surface area contributed by atoms with Crippen molar-refractivity contribution in [2.24, 2.45) is 22.4 Å². The lowest BCUT2D eigenvalue weighted by molar-refractivity contribution is -0.123. The van der Waals surface area contributed by atoms with Crippen LogP contribution in [0.15, 0.2) is 17.1 Å². The maximum atomic E-state index is 13.1. The van der Waals surface area contributed by atoms with Gasteiger partial charge in [0.2, 0.25) is 11.9 Å². The summed E-state index contributed by atoms with van der Waals surface area (Å²) in [7, 11) is 0. The van der Waals surface area contributed by atoms with Gasteiger partial charge in [0.15, 0.2) is 0 Å². The van der Waals surface area contributed by atoms with E-state index in [2.05, 4.69) is 4.99 Å². The number of amides is 1. The summed E-state index contributed by atoms with van der Waals surface area (Å²) in [5.41, 5.74) is 11.1. The Morgan fingerprint density at radius 2 is 2.12 bits per heavy atom. The number of likely N-dealkylation sites (tertiary alicyclic amines) is 1. The van der Waals surface area contributed by atoms with Crippen LogP contribution in [-0.2, 0) is 4.79 Å². The highest BCUT2D eigenvalue weighted by Crippen LogP contribution is 2.21. The molecule has 0 aromatic heterocycles. The number of allylic oxidation sites excluding steroid dienone is 1. The van der Waals surface area contributed by atoms with Crippen LogP contribution in [0.3, 0.4) is 0 Å². The molecular weight excluding hydrogens is 223 g/mol. The fraction of sp³-hybridized carbons (Fsp3) is 0.636. The van der Waals surface area contributed by atoms with E-state index in [1.54, 1.807) is 6.08 Å². The largest absolute Gasteiger partial charge is 0.369 e. The van der Waals surface area contributed by atoms with E-state index >= 15 is 0 Å². The topological polar surface area (TPSA) is 84.7 Å². The van der Waals surface area contributed by atoms with E-state index in [1.165, 1.54) is 6.08 Å². The van der Waals surface area contributed by atoms with Gasteiger partial charge in [-0.25, -0.2) is 4.99 Å². The Hall–Kier alpha value is -1.27. The lowest BCUT2D eigenvalue weighted by atomic mass is 9.95. The van der Waals surface area contributed by atoms with E-state index in [4.69, 9.17) is 11.5 Å². The van der Waals surface area contributed by atoms with Gasteiger partial charge in [-0.1, -0.05) is 6.08 Å². The van der Waals surface area contributed by atoms with Crippen molar-refractivity contribution in [3.63, 3.8) is 0 Å². The first-order valence-corrected chi connectivity index (χ1v) is 5.78. The van der Waals surface area contributed by atoms with Crippen LogP contribution in [0.25, 0.3) is 0 Å². The maximum Gasteiger partial charge on any atom is 0.220 e. The molecule has 2 heterocycles. The molecule has 94 valence electrons. The predicted molar refractivity (Wildman–Crippen MR) is 62.9 cm³/mol. The summed E-state index contributed by atoms with van der Waals surface area (Å²) in [6, 6.07) is -0.292. The van der Waals surface area contributed by atoms with E-state index in [-0.39, 0.29) is 24.0 Å². The molecule has 2 atom stereocenters. The number of piperidine rings is 1. The van der Waals surface area contributed by atoms with Crippen molar-refractivity contribution >= 4 is 11.9 Å². The first kappa shape index (κ1) is 12.2. The number of primary amides is 1. The van der Waals surface area contributed by atoms with Crippen molar-refractivity contribution in [2.75, 3.05) is 13.1 Å². The van der Waals surface area contributed by atoms with Gasteiger partial charge < -0.3 is 11.5 Å². The highest BCUT2D eigenvalue weighted by molar-refractivity contribution is 5.87. The number of hydrogen-bond donors (Lipinski definition) is 2. The smallest absolute Gasteiger partial charge is 0.220 e. The van der Waals surface area contributed by atoms with Gasteiger partial charge >= 0.3 is 0 Å². The Morgan fingerprint density at radius 1 is 1.47 bits per heavy atom. The zero-order valence-corrected chi connectivity index (χ0v) is 9.55. The third-order valence-corrected chi connectivity index (χ3v) is 3.36. The van der Waals surface area contributed by atoms with Crippen molar-refractivity contribution in [1.82, 2.24) is 4.90 Å². The second kappa shape index (κ2) is 4.93. The number of carbonyl (C=O) groups is 1. The molecule has 2 unspecified atom stereocenters. The lowest BCUT2D eigenvalue weighted by Crippen LogP contribution is -2.51. The Labute approximate surface area is 99.3 Å². The van der Waals surface area contributed by atoms with E-state index in [0.29, 0.717) is 25.9 Å². The molecule has 0 aliphatic carbocycles. The quantitative estimate of drug-likeness (QED) is 0.699. The SMILES string of the molecule is NC(=O)C1CCN(C2N=C(F)C=CC2N)CC1. The van der Waals surface area contributed by atoms with Gasteiger partial charge in [-0.05, 0) is 18.9 Å². The second-order valence-electron chi connectivity index (χ2n) is 4.51. The minimum absolute atomic E-state index is 0.0737. The average Bonchev–Trinajstić information content (AvgIpc) is 2.32. The van der Waals surface area contributed by atoms with Crippen LogP contribution in [0, 0.1) is 5.92 Å². The molecule has 0 radical (unpaired) electrons. The number of nitrogens with two attached hydrogens (primary N) is 2. The summed E-state index contributed by atoms with van der Waals surface area (Å²) in [6.07, 6.45) is 3.94. The summed E-state index contributed by atoms with van der Waals surface area (Å²) < 4.78 is 13.1. The highest BCUT2D eigenvalue weighted by atomic mass is 19.1. The number of halogens is 1. The predicted octanol–water partition coefficient (Wildman–Crippen LogP) is -0.225. The third-order valence-electron chi connectivity index (χ3n) is 3.36. The van der Waals surface area contributed by atoms with Gasteiger partial charge in [0.1, 0.15) is 6.17 Å². The number of hydrogen-bond acceptors (Lipinski definition) is 4. The highest BCUT2D eigenvalue weighted by Gasteiger charge is 2.31. The van der Waals surface area contributed by atoms with Crippen LogP contribution in [0.1, 0.15) is 12.8 Å². The average molecular weight is 240 g/mol. The number of carbonyl (C=O) groups excluding carboxylic acids is 1. The molecule has 0 aromatic carbocycles. The minimum Gasteiger partial charge on any atom is -0.369 e. The molecule has 0 saturated carbocycles. The van der Waals surface area contributed by atoms with Gasteiger partial charge in [-0.2, -0.15) is 4.39 Å². The number of dihydropyridines is 1. The molecule has 6 heteroatoms. The van der Waals surface area contributed by atoms with E-state index in [9.17, 15) is 9.18 Å². The molecule has 2 aliphatic rings. The molecule has 17 heavy (non-hydrogen) atoms. The van der Waals surface area contributed by atoms with Crippen LogP contribution < -0.4 is 11.5 Å². The Bertz CT molecular complexity index is 360. The third kappa shape index (κ3) is 2.70. The number of aliphatic imine (C=N–C) groups is 1. The van der Waals surface area contributed by atoms with Crippen molar-refractivity contribution in [2.45, 2.75) is 25.0 Å². The van der Waals surface area contributed by atoms with Crippen molar-refractivity contribution in [3.05, 3.63) is 12.2 Å². The fourth-order valence-electron chi connectivity index (χ4n) is 2.32. The molecule has 2 aliphatic heterocycles. The van der Waals surface area contributed by atoms with Gasteiger partial charge in [-0.15, -0.1) is 0 Å². The zero-order valence-electron chi connectivity index (χ0n) is 9.55. The molecule has 1 saturated heterocycles. The fourth-order valence-corrected chi connectivity index (χ4v) is 2.32. The normalized spacial score (nSPS) is 31.3. The second-order valence-corrected chi connectivity index (χ2v) is 4.51. The van der Waals surface area contributed by atoms with Crippen molar-refractivity contribution < 1.29 is 9.18 Å². The Balaban J connectivity index is 1.97. The molecule has 5 nitrogen and oxygen atoms in total. The molecule has 0 bridgehead atoms. The first-order chi connectivity index (χ1) is 8.08. The van der Waals surface area contributed by atoms with E-state index in [1.807, 2.05) is 4.90 Å². The minimum atomic E-state index is -0.492. The molecule has 2 rings (SSSR count). The van der Waals surface area contributed by atoms with Gasteiger partial charge in [0.05, 0.1) is 6.04 Å². The zero-order chi connectivity index (χ0) is 12.4. The molecular formula is C11H17FN4O. The summed E-state index contributed by atoms with van der Waals surface area (Å²) in [4.78, 5) is 16.9. The van der Waals surface area contributed by atoms with Crippen LogP contribution in [0.4, 0.5) is 4.39 Å². The molecule has 0 spiro atoms. The number of nitrogens with zero attached hydrogens (tertiary/aromatic N) is 2. The standard InChI is InChI=1S/C11H17FN4O/c12-9-2-1-8(13)11(15-9)16-5-3-7(4-6-16)10(14)17/h1-2,7-8,11H,3-6,13H2,(H2,14,17).